The van der Waals surface area contributed by atoms with Crippen LogP contribution in [0.2, 0.25) is 0 Å². The van der Waals surface area contributed by atoms with Gasteiger partial charge in [-0.2, -0.15) is 0 Å². The molecule has 5 heteroatoms. The van der Waals surface area contributed by atoms with Crippen molar-refractivity contribution in [1.82, 2.24) is 4.98 Å². The van der Waals surface area contributed by atoms with E-state index in [0.29, 0.717) is 0 Å². The van der Waals surface area contributed by atoms with E-state index in [2.05, 4.69) is 4.98 Å². The molecule has 1 N–H and O–H groups in total. The first kappa shape index (κ1) is 10.4. The largest absolute Gasteiger partial charge is 0.481 e. The Balaban J connectivity index is 3.12. The zero-order valence-corrected chi connectivity index (χ0v) is 7.82. The van der Waals surface area contributed by atoms with Crippen LogP contribution in [-0.4, -0.2) is 23.2 Å². The number of nitrogens with zero attached hydrogens (tertiary/aromatic N) is 1. The molecule has 0 aliphatic heterocycles. The second-order valence-electron chi connectivity index (χ2n) is 2.89. The van der Waals surface area contributed by atoms with Crippen molar-refractivity contribution in [1.29, 1.82) is 0 Å². The highest BCUT2D eigenvalue weighted by molar-refractivity contribution is 5.78. The third-order valence-electron chi connectivity index (χ3n) is 1.89. The van der Waals surface area contributed by atoms with Crippen LogP contribution < -0.4 is 4.74 Å². The fourth-order valence-electron chi connectivity index (χ4n) is 0.937. The summed E-state index contributed by atoms with van der Waals surface area (Å²) in [5.41, 5.74) is -2.41. The summed E-state index contributed by atoms with van der Waals surface area (Å²) in [6.45, 7) is 0.976. The average Bonchev–Trinajstić information content (AvgIpc) is 2.17. The first-order valence-corrected chi connectivity index (χ1v) is 3.91. The normalized spacial score (nSPS) is 14.5. The van der Waals surface area contributed by atoms with Gasteiger partial charge in [-0.25, -0.2) is 14.2 Å². The van der Waals surface area contributed by atoms with Crippen molar-refractivity contribution in [2.45, 2.75) is 12.6 Å². The number of hydrogen-bond acceptors (Lipinski definition) is 3. The number of halogens is 1. The van der Waals surface area contributed by atoms with Crippen LogP contribution in [0.4, 0.5) is 4.39 Å². The maximum atomic E-state index is 13.6. The number of ether oxygens (including phenoxy) is 1. The predicted octanol–water partition coefficient (Wildman–Crippen LogP) is 1.36. The summed E-state index contributed by atoms with van der Waals surface area (Å²) in [6.07, 6.45) is 1.30. The molecule has 14 heavy (non-hydrogen) atoms. The topological polar surface area (TPSA) is 59.4 Å². The zero-order valence-electron chi connectivity index (χ0n) is 7.82. The lowest BCUT2D eigenvalue weighted by Crippen LogP contribution is -2.26. The third-order valence-corrected chi connectivity index (χ3v) is 1.89. The number of aliphatic carboxylic acids is 1. The monoisotopic (exact) mass is 199 g/mol. The Morgan fingerprint density at radius 3 is 2.86 bits per heavy atom. The molecule has 1 rings (SSSR count). The van der Waals surface area contributed by atoms with Gasteiger partial charge in [0.05, 0.1) is 7.11 Å². The van der Waals surface area contributed by atoms with Gasteiger partial charge in [0.25, 0.3) is 0 Å². The second-order valence-corrected chi connectivity index (χ2v) is 2.89. The van der Waals surface area contributed by atoms with Crippen molar-refractivity contribution in [3.05, 3.63) is 23.9 Å². The molecular weight excluding hydrogens is 189 g/mol. The highest BCUT2D eigenvalue weighted by atomic mass is 19.1. The Hall–Kier alpha value is -1.65. The number of carbonyl (C=O) groups is 1. The van der Waals surface area contributed by atoms with Crippen LogP contribution in [0.15, 0.2) is 18.3 Å². The molecule has 76 valence electrons. The fourth-order valence-corrected chi connectivity index (χ4v) is 0.937. The van der Waals surface area contributed by atoms with E-state index in [4.69, 9.17) is 9.84 Å². The maximum Gasteiger partial charge on any atom is 0.345 e. The van der Waals surface area contributed by atoms with Crippen LogP contribution in [0.1, 0.15) is 12.5 Å². The lowest BCUT2D eigenvalue weighted by molar-refractivity contribution is -0.150. The fraction of sp³-hybridized carbons (Fsp3) is 0.333. The molecule has 0 aliphatic rings. The summed E-state index contributed by atoms with van der Waals surface area (Å²) >= 11 is 0. The molecule has 0 aliphatic carbocycles. The molecule has 4 nitrogen and oxygen atoms in total. The van der Waals surface area contributed by atoms with E-state index in [1.165, 1.54) is 25.4 Å². The highest BCUT2D eigenvalue weighted by Crippen LogP contribution is 2.27. The van der Waals surface area contributed by atoms with Crippen molar-refractivity contribution in [2.75, 3.05) is 7.11 Å². The van der Waals surface area contributed by atoms with Gasteiger partial charge in [0.15, 0.2) is 0 Å². The summed E-state index contributed by atoms with van der Waals surface area (Å²) in [4.78, 5) is 14.3. The molecule has 1 aromatic heterocycles. The Morgan fingerprint density at radius 2 is 2.36 bits per heavy atom. The molecular formula is C9H10FNO3. The summed E-state index contributed by atoms with van der Waals surface area (Å²) in [5.74, 6) is -1.35. The van der Waals surface area contributed by atoms with E-state index in [-0.39, 0.29) is 11.4 Å². The van der Waals surface area contributed by atoms with Gasteiger partial charge in [-0.15, -0.1) is 0 Å². The van der Waals surface area contributed by atoms with Gasteiger partial charge in [-0.1, -0.05) is 0 Å². The Kier molecular flexibility index (Phi) is 2.69. The standard InChI is InChI=1S/C9H10FNO3/c1-9(10,8(12)13)6-3-4-11-7(5-6)14-2/h3-5H,1-2H3,(H,12,13). The van der Waals surface area contributed by atoms with E-state index >= 15 is 0 Å². The summed E-state index contributed by atoms with van der Waals surface area (Å²) < 4.78 is 18.3. The van der Waals surface area contributed by atoms with Crippen molar-refractivity contribution in [3.8, 4) is 5.88 Å². The number of hydrogen-bond donors (Lipinski definition) is 1. The second kappa shape index (κ2) is 3.61. The van der Waals surface area contributed by atoms with Crippen LogP contribution in [0.5, 0.6) is 5.88 Å². The number of rotatable bonds is 3. The zero-order chi connectivity index (χ0) is 10.8. The van der Waals surface area contributed by atoms with Gasteiger partial charge >= 0.3 is 5.97 Å². The smallest absolute Gasteiger partial charge is 0.345 e. The molecule has 0 bridgehead atoms. The first-order chi connectivity index (χ1) is 6.48. The molecule has 1 atom stereocenters. The van der Waals surface area contributed by atoms with Crippen LogP contribution in [0, 0.1) is 0 Å². The van der Waals surface area contributed by atoms with E-state index in [0.717, 1.165) is 6.92 Å². The highest BCUT2D eigenvalue weighted by Gasteiger charge is 2.35. The molecule has 1 heterocycles. The summed E-state index contributed by atoms with van der Waals surface area (Å²) in [5, 5.41) is 8.62. The Labute approximate surface area is 80.3 Å². The number of methoxy groups -OCH3 is 1. The molecule has 0 aromatic carbocycles. The molecule has 0 radical (unpaired) electrons. The molecule has 1 aromatic rings. The maximum absolute atomic E-state index is 13.6. The van der Waals surface area contributed by atoms with Crippen molar-refractivity contribution >= 4 is 5.97 Å². The minimum absolute atomic E-state index is 0.0110. The van der Waals surface area contributed by atoms with Gasteiger partial charge in [0.2, 0.25) is 11.5 Å². The van der Waals surface area contributed by atoms with Crippen molar-refractivity contribution in [3.63, 3.8) is 0 Å². The average molecular weight is 199 g/mol. The molecule has 0 amide bonds. The molecule has 0 spiro atoms. The number of aromatic nitrogens is 1. The van der Waals surface area contributed by atoms with Gasteiger partial charge in [-0.05, 0) is 13.0 Å². The van der Waals surface area contributed by atoms with E-state index in [1.54, 1.807) is 0 Å². The van der Waals surface area contributed by atoms with Crippen molar-refractivity contribution < 1.29 is 19.0 Å². The Morgan fingerprint density at radius 1 is 1.71 bits per heavy atom. The van der Waals surface area contributed by atoms with Gasteiger partial charge in [0, 0.05) is 17.8 Å². The van der Waals surface area contributed by atoms with Crippen LogP contribution in [0.25, 0.3) is 0 Å². The molecule has 0 fully saturated rings. The van der Waals surface area contributed by atoms with Crippen LogP contribution in [0.3, 0.4) is 0 Å². The Bertz CT molecular complexity index is 352. The molecule has 0 saturated heterocycles. The van der Waals surface area contributed by atoms with Gasteiger partial charge in [-0.3, -0.25) is 0 Å². The van der Waals surface area contributed by atoms with Gasteiger partial charge < -0.3 is 9.84 Å². The number of alkyl halides is 1. The minimum atomic E-state index is -2.42. The molecule has 0 saturated carbocycles. The number of pyridine rings is 1. The van der Waals surface area contributed by atoms with Crippen LogP contribution >= 0.6 is 0 Å². The summed E-state index contributed by atoms with van der Waals surface area (Å²) in [7, 11) is 1.38. The van der Waals surface area contributed by atoms with Gasteiger partial charge in [0.1, 0.15) is 0 Å². The summed E-state index contributed by atoms with van der Waals surface area (Å²) in [6, 6.07) is 2.56. The minimum Gasteiger partial charge on any atom is -0.481 e. The lowest BCUT2D eigenvalue weighted by atomic mass is 9.99. The SMILES string of the molecule is COc1cc(C(C)(F)C(=O)O)ccn1. The quantitative estimate of drug-likeness (QED) is 0.798. The number of carboxylic acid groups (broad SMARTS) is 1. The first-order valence-electron chi connectivity index (χ1n) is 3.91. The molecule has 1 unspecified atom stereocenters. The van der Waals surface area contributed by atoms with Crippen LogP contribution in [-0.2, 0) is 10.5 Å². The lowest BCUT2D eigenvalue weighted by Gasteiger charge is -2.15. The van der Waals surface area contributed by atoms with E-state index in [1.807, 2.05) is 0 Å². The predicted molar refractivity (Wildman–Crippen MR) is 46.9 cm³/mol. The number of carboxylic acids is 1. The van der Waals surface area contributed by atoms with Crippen molar-refractivity contribution in [2.24, 2.45) is 0 Å². The van der Waals surface area contributed by atoms with E-state index in [9.17, 15) is 9.18 Å². The third kappa shape index (κ3) is 1.81. The van der Waals surface area contributed by atoms with E-state index < -0.39 is 11.6 Å².